The molecule has 1 aromatic rings. The van der Waals surface area contributed by atoms with Gasteiger partial charge in [0, 0.05) is 17.9 Å². The molecule has 2 N–H and O–H groups in total. The predicted octanol–water partition coefficient (Wildman–Crippen LogP) is 5.01. The second kappa shape index (κ2) is 7.82. The Kier molecular flexibility index (Phi) is 5.19. The summed E-state index contributed by atoms with van der Waals surface area (Å²) in [6, 6.07) is 7.06. The van der Waals surface area contributed by atoms with Crippen molar-refractivity contribution in [3.8, 4) is 5.75 Å². The molecule has 0 radical (unpaired) electrons. The van der Waals surface area contributed by atoms with E-state index in [1.54, 1.807) is 0 Å². The topological polar surface area (TPSA) is 67.8 Å². The summed E-state index contributed by atoms with van der Waals surface area (Å²) in [7, 11) is 0. The molecule has 4 atom stereocenters. The monoisotopic (exact) mass is 399 g/mol. The number of piperidine rings is 1. The van der Waals surface area contributed by atoms with Crippen LogP contribution < -0.4 is 10.1 Å². The zero-order valence-corrected chi connectivity index (χ0v) is 17.2. The van der Waals surface area contributed by atoms with Gasteiger partial charge in [0.1, 0.15) is 5.75 Å². The molecule has 5 heteroatoms. The van der Waals surface area contributed by atoms with Crippen LogP contribution in [-0.4, -0.2) is 30.1 Å². The molecule has 0 aromatic heterocycles. The van der Waals surface area contributed by atoms with Crippen LogP contribution in [0.2, 0.25) is 0 Å². The number of ether oxygens (including phenoxy) is 2. The van der Waals surface area contributed by atoms with Crippen LogP contribution in [0, 0.1) is 11.8 Å². The van der Waals surface area contributed by atoms with E-state index in [1.165, 1.54) is 56.1 Å². The Balaban J connectivity index is 1.41. The Bertz CT molecular complexity index is 755. The van der Waals surface area contributed by atoms with Gasteiger partial charge in [-0.25, -0.2) is 4.79 Å². The third-order valence-electron chi connectivity index (χ3n) is 8.12. The van der Waals surface area contributed by atoms with Crippen LogP contribution in [-0.2, 0) is 16.6 Å². The number of hydrogen-bond donors (Lipinski definition) is 2. The molecule has 2 bridgehead atoms. The smallest absolute Gasteiger partial charge is 0.455 e. The second-order valence-electron chi connectivity index (χ2n) is 9.66. The lowest BCUT2D eigenvalue weighted by Crippen LogP contribution is -2.59. The third kappa shape index (κ3) is 3.63. The first-order valence-electron chi connectivity index (χ1n) is 11.6. The quantitative estimate of drug-likeness (QED) is 0.538. The lowest BCUT2D eigenvalue weighted by molar-refractivity contribution is -0.0651. The van der Waals surface area contributed by atoms with Crippen molar-refractivity contribution in [1.29, 1.82) is 0 Å². The first kappa shape index (κ1) is 19.2. The molecule has 3 aliphatic carbocycles. The Morgan fingerprint density at radius 3 is 2.83 bits per heavy atom. The summed E-state index contributed by atoms with van der Waals surface area (Å²) in [6.45, 7) is 1.10. The normalized spacial score (nSPS) is 32.1. The van der Waals surface area contributed by atoms with Crippen molar-refractivity contribution in [3.63, 3.8) is 0 Å². The van der Waals surface area contributed by atoms with Crippen LogP contribution in [0.3, 0.4) is 0 Å². The molecule has 5 rings (SSSR count). The summed E-state index contributed by atoms with van der Waals surface area (Å²) >= 11 is 0. The van der Waals surface area contributed by atoms with Gasteiger partial charge >= 0.3 is 6.16 Å². The Hall–Kier alpha value is -1.75. The lowest BCUT2D eigenvalue weighted by atomic mass is 9.53. The van der Waals surface area contributed by atoms with E-state index in [1.807, 2.05) is 6.07 Å². The van der Waals surface area contributed by atoms with Crippen LogP contribution in [0.4, 0.5) is 4.79 Å². The fraction of sp³-hybridized carbons (Fsp3) is 0.708. The van der Waals surface area contributed by atoms with Crippen LogP contribution in [0.15, 0.2) is 18.2 Å². The van der Waals surface area contributed by atoms with Crippen LogP contribution in [0.5, 0.6) is 5.75 Å². The Morgan fingerprint density at radius 1 is 1.17 bits per heavy atom. The van der Waals surface area contributed by atoms with Crippen molar-refractivity contribution in [1.82, 2.24) is 5.32 Å². The minimum atomic E-state index is -1.25. The van der Waals surface area contributed by atoms with E-state index >= 15 is 0 Å². The average Bonchev–Trinajstić information content (AvgIpc) is 3.21. The van der Waals surface area contributed by atoms with Crippen molar-refractivity contribution >= 4 is 6.16 Å². The van der Waals surface area contributed by atoms with Gasteiger partial charge in [0.15, 0.2) is 0 Å². The molecule has 1 heterocycles. The van der Waals surface area contributed by atoms with Crippen molar-refractivity contribution in [2.45, 2.75) is 88.4 Å². The van der Waals surface area contributed by atoms with Gasteiger partial charge in [0.05, 0.1) is 0 Å². The van der Waals surface area contributed by atoms with Gasteiger partial charge in [-0.3, -0.25) is 0 Å². The summed E-state index contributed by atoms with van der Waals surface area (Å²) in [5.74, 6) is 1.99. The first-order valence-corrected chi connectivity index (χ1v) is 11.6. The highest BCUT2D eigenvalue weighted by atomic mass is 16.8. The molecule has 1 unspecified atom stereocenters. The number of fused-ring (bicyclic) bond motifs is 1. The maximum Gasteiger partial charge on any atom is 0.508 e. The molecule has 4 aliphatic rings. The Labute approximate surface area is 173 Å². The van der Waals surface area contributed by atoms with Gasteiger partial charge in [-0.2, -0.15) is 0 Å². The van der Waals surface area contributed by atoms with Crippen LogP contribution in [0.25, 0.3) is 0 Å². The molecule has 0 spiro atoms. The SMILES string of the molecule is O=C(O)OC(CC1CCCC1)Oc1ccc2c(c1)[C@@]13CCCC[C@H]1[C@@H](C2)NCC3. The highest BCUT2D eigenvalue weighted by Crippen LogP contribution is 2.54. The van der Waals surface area contributed by atoms with E-state index in [-0.39, 0.29) is 5.41 Å². The molecule has 1 saturated heterocycles. The third-order valence-corrected chi connectivity index (χ3v) is 8.12. The number of hydrogen-bond acceptors (Lipinski definition) is 4. The van der Waals surface area contributed by atoms with E-state index in [0.717, 1.165) is 37.5 Å². The van der Waals surface area contributed by atoms with Gasteiger partial charge in [-0.05, 0) is 67.3 Å². The van der Waals surface area contributed by atoms with E-state index < -0.39 is 12.4 Å². The second-order valence-corrected chi connectivity index (χ2v) is 9.66. The zero-order chi connectivity index (χ0) is 19.8. The van der Waals surface area contributed by atoms with E-state index in [4.69, 9.17) is 9.47 Å². The van der Waals surface area contributed by atoms with Gasteiger partial charge in [-0.15, -0.1) is 0 Å². The van der Waals surface area contributed by atoms with Crippen LogP contribution in [0.1, 0.15) is 75.3 Å². The van der Waals surface area contributed by atoms with Gasteiger partial charge in [0.2, 0.25) is 6.29 Å². The molecule has 0 amide bonds. The Morgan fingerprint density at radius 2 is 2.00 bits per heavy atom. The summed E-state index contributed by atoms with van der Waals surface area (Å²) in [5.41, 5.74) is 3.18. The summed E-state index contributed by atoms with van der Waals surface area (Å²) in [6.07, 6.45) is 11.0. The van der Waals surface area contributed by atoms with E-state index in [9.17, 15) is 9.90 Å². The molecular formula is C24H33NO4. The van der Waals surface area contributed by atoms with Gasteiger partial charge in [0.25, 0.3) is 0 Å². The number of nitrogens with one attached hydrogen (secondary N) is 1. The van der Waals surface area contributed by atoms with Crippen molar-refractivity contribution in [2.75, 3.05) is 6.54 Å². The van der Waals surface area contributed by atoms with Crippen LogP contribution >= 0.6 is 0 Å². The highest BCUT2D eigenvalue weighted by molar-refractivity contribution is 5.57. The minimum Gasteiger partial charge on any atom is -0.455 e. The number of benzene rings is 1. The number of carboxylic acid groups (broad SMARTS) is 1. The fourth-order valence-corrected chi connectivity index (χ4v) is 6.88. The summed E-state index contributed by atoms with van der Waals surface area (Å²) < 4.78 is 11.3. The maximum absolute atomic E-state index is 11.2. The molecule has 29 heavy (non-hydrogen) atoms. The largest absolute Gasteiger partial charge is 0.508 e. The first-order chi connectivity index (χ1) is 14.1. The molecule has 158 valence electrons. The molecule has 1 aliphatic heterocycles. The maximum atomic E-state index is 11.2. The van der Waals surface area contributed by atoms with Crippen molar-refractivity contribution in [2.24, 2.45) is 11.8 Å². The fourth-order valence-electron chi connectivity index (χ4n) is 6.88. The number of rotatable bonds is 5. The van der Waals surface area contributed by atoms with Gasteiger partial charge < -0.3 is 19.9 Å². The standard InChI is InChI=1S/C24H33NO4/c26-23(27)29-22(13-16-5-1-2-6-16)28-18-9-8-17-14-21-19-7-3-4-10-24(19,11-12-25-21)20(17)15-18/h8-9,15-16,19,21-22,25H,1-7,10-14H2,(H,26,27)/t19-,21+,22?,24+/m0/s1. The number of carbonyl (C=O) groups is 1. The molecule has 5 nitrogen and oxygen atoms in total. The summed E-state index contributed by atoms with van der Waals surface area (Å²) in [5, 5.41) is 13.0. The molecule has 2 saturated carbocycles. The zero-order valence-electron chi connectivity index (χ0n) is 17.2. The van der Waals surface area contributed by atoms with E-state index in [2.05, 4.69) is 17.4 Å². The predicted molar refractivity (Wildman–Crippen MR) is 110 cm³/mol. The lowest BCUT2D eigenvalue weighted by Gasteiger charge is -2.56. The molecule has 3 fully saturated rings. The molecule has 1 aromatic carbocycles. The van der Waals surface area contributed by atoms with Gasteiger partial charge in [-0.1, -0.05) is 44.6 Å². The molecular weight excluding hydrogens is 366 g/mol. The highest BCUT2D eigenvalue weighted by Gasteiger charge is 2.51. The van der Waals surface area contributed by atoms with Crippen molar-refractivity contribution in [3.05, 3.63) is 29.3 Å². The summed E-state index contributed by atoms with van der Waals surface area (Å²) in [4.78, 5) is 11.2. The minimum absolute atomic E-state index is 0.274. The average molecular weight is 400 g/mol. The van der Waals surface area contributed by atoms with E-state index in [0.29, 0.717) is 18.4 Å². The van der Waals surface area contributed by atoms with Crippen molar-refractivity contribution < 1.29 is 19.4 Å².